The van der Waals surface area contributed by atoms with Crippen LogP contribution in [-0.2, 0) is 76.2 Å². The molecular formula is C49H77NO17. The van der Waals surface area contributed by atoms with Crippen molar-refractivity contribution in [2.45, 2.75) is 195 Å². The van der Waals surface area contributed by atoms with Crippen molar-refractivity contribution < 1.29 is 81.3 Å². The van der Waals surface area contributed by atoms with Crippen LogP contribution in [0.25, 0.3) is 0 Å². The quantitative estimate of drug-likeness (QED) is 0.112. The van der Waals surface area contributed by atoms with Crippen molar-refractivity contribution in [3.05, 3.63) is 0 Å². The zero-order valence-corrected chi connectivity index (χ0v) is 41.9. The molecule has 5 fully saturated rings. The van der Waals surface area contributed by atoms with Gasteiger partial charge >= 0.3 is 41.8 Å². The van der Waals surface area contributed by atoms with E-state index in [1.807, 2.05) is 6.92 Å². The third-order valence-electron chi connectivity index (χ3n) is 17.0. The highest BCUT2D eigenvalue weighted by Crippen LogP contribution is 2.76. The number of aliphatic hydroxyl groups excluding tert-OH is 1. The van der Waals surface area contributed by atoms with E-state index in [9.17, 15) is 38.7 Å². The number of hydrogen-bond acceptors (Lipinski definition) is 18. The monoisotopic (exact) mass is 952 g/mol. The van der Waals surface area contributed by atoms with Crippen LogP contribution in [0.2, 0.25) is 0 Å². The molecule has 0 radical (unpaired) electrons. The Morgan fingerprint density at radius 1 is 0.716 bits per heavy atom. The van der Waals surface area contributed by atoms with E-state index in [1.165, 1.54) is 34.8 Å². The lowest BCUT2D eigenvalue weighted by Crippen LogP contribution is -2.67. The molecule has 1 heterocycles. The van der Waals surface area contributed by atoms with Gasteiger partial charge in [-0.1, -0.05) is 34.6 Å². The number of hydrogen-bond donors (Lipinski definition) is 2. The van der Waals surface area contributed by atoms with Gasteiger partial charge in [0.15, 0.2) is 24.6 Å². The molecule has 0 spiro atoms. The molecule has 4 aliphatic carbocycles. The first-order valence-corrected chi connectivity index (χ1v) is 23.9. The Kier molecular flexibility index (Phi) is 17.0. The highest BCUT2D eigenvalue weighted by Gasteiger charge is 2.73. The predicted molar refractivity (Wildman–Crippen MR) is 237 cm³/mol. The first-order valence-electron chi connectivity index (χ1n) is 23.9. The minimum atomic E-state index is -1.49. The van der Waals surface area contributed by atoms with E-state index in [4.69, 9.17) is 42.6 Å². The SMILES string of the molecule is COC(=O)[C@H](CO)NCCCC(C)(O[C@H]1O[C@H](COC(C)=O)[C@@H](OC(C)=O)[C@H](OC(C)=O)C1OC(C)=O)C1CC[C@]2(C)[C@@H]1C(OC(C)=O)CC1[C@@]3(C)CC[C@H](OC(C)=O)C(C)(C)C3CC[C@]12C. The standard InChI is InChI=1S/C49H77NO17/c1-26(52)60-25-35-40(63-29(4)55)41(64-30(5)56)42(65-31(6)57)44(66-35)67-49(12,18-14-22-50-33(24-51)43(58)59-13)32-15-20-48(11)39(32)34(61-27(2)53)23-37-46(9)19-17-38(62-28(3)54)45(7,8)36(46)16-21-47(37,48)10/h32-42,44,50-51H,14-25H2,1-13H3/t32?,33-,34?,35+,36?,37?,38-,39-,40+,41-,42?,44+,46-,47+,48+,49?/m0/s1. The number of ether oxygens (including phenoxy) is 9. The second kappa shape index (κ2) is 21.0. The summed E-state index contributed by atoms with van der Waals surface area (Å²) in [5.41, 5.74) is -2.35. The zero-order valence-electron chi connectivity index (χ0n) is 41.9. The molecule has 1 saturated heterocycles. The number of methoxy groups -OCH3 is 1. The molecule has 18 heteroatoms. The smallest absolute Gasteiger partial charge is 0.325 e. The molecule has 4 saturated carbocycles. The maximum absolute atomic E-state index is 13.3. The second-order valence-electron chi connectivity index (χ2n) is 21.3. The Hall–Kier alpha value is -3.87. The van der Waals surface area contributed by atoms with Crippen LogP contribution in [0.1, 0.15) is 141 Å². The van der Waals surface area contributed by atoms with Crippen LogP contribution in [-0.4, -0.2) is 128 Å². The maximum Gasteiger partial charge on any atom is 0.325 e. The summed E-state index contributed by atoms with van der Waals surface area (Å²) in [6.07, 6.45) is -1.86. The van der Waals surface area contributed by atoms with Crippen LogP contribution < -0.4 is 5.32 Å². The fraction of sp³-hybridized carbons (Fsp3) is 0.857. The molecule has 380 valence electrons. The second-order valence-corrected chi connectivity index (χ2v) is 21.3. The van der Waals surface area contributed by atoms with Crippen LogP contribution in [0.3, 0.4) is 0 Å². The topological polar surface area (TPSA) is 235 Å². The molecule has 16 atom stereocenters. The molecule has 67 heavy (non-hydrogen) atoms. The van der Waals surface area contributed by atoms with Gasteiger partial charge in [-0.05, 0) is 105 Å². The molecule has 5 aliphatic rings. The average Bonchev–Trinajstić information content (AvgIpc) is 3.60. The Morgan fingerprint density at radius 2 is 1.30 bits per heavy atom. The summed E-state index contributed by atoms with van der Waals surface area (Å²) in [5.74, 6) is -4.57. The molecule has 18 nitrogen and oxygen atoms in total. The summed E-state index contributed by atoms with van der Waals surface area (Å²) in [7, 11) is 1.23. The average molecular weight is 952 g/mol. The van der Waals surface area contributed by atoms with Crippen LogP contribution in [0.4, 0.5) is 0 Å². The van der Waals surface area contributed by atoms with Crippen molar-refractivity contribution in [2.75, 3.05) is 26.9 Å². The molecule has 6 unspecified atom stereocenters. The van der Waals surface area contributed by atoms with Gasteiger partial charge in [-0.3, -0.25) is 33.6 Å². The fourth-order valence-electron chi connectivity index (χ4n) is 14.1. The predicted octanol–water partition coefficient (Wildman–Crippen LogP) is 4.91. The van der Waals surface area contributed by atoms with E-state index >= 15 is 0 Å². The number of nitrogens with one attached hydrogen (secondary N) is 1. The Morgan fingerprint density at radius 3 is 1.87 bits per heavy atom. The maximum atomic E-state index is 13.3. The third-order valence-corrected chi connectivity index (χ3v) is 17.0. The molecule has 0 aromatic carbocycles. The minimum absolute atomic E-state index is 0.130. The summed E-state index contributed by atoms with van der Waals surface area (Å²) in [4.78, 5) is 88.3. The van der Waals surface area contributed by atoms with Crippen LogP contribution in [0.15, 0.2) is 0 Å². The number of esters is 7. The molecule has 5 rings (SSSR count). The van der Waals surface area contributed by atoms with Crippen LogP contribution in [0.5, 0.6) is 0 Å². The lowest BCUT2D eigenvalue weighted by atomic mass is 9.35. The third kappa shape index (κ3) is 11.0. The molecule has 0 aromatic heterocycles. The van der Waals surface area contributed by atoms with Crippen LogP contribution >= 0.6 is 0 Å². The number of fused-ring (bicyclic) bond motifs is 5. The van der Waals surface area contributed by atoms with Gasteiger partial charge in [-0.2, -0.15) is 0 Å². The van der Waals surface area contributed by atoms with E-state index in [1.54, 1.807) is 0 Å². The van der Waals surface area contributed by atoms with Gasteiger partial charge in [-0.15, -0.1) is 0 Å². The summed E-state index contributed by atoms with van der Waals surface area (Å²) < 4.78 is 53.8. The summed E-state index contributed by atoms with van der Waals surface area (Å²) in [6, 6.07) is -0.985. The molecule has 0 amide bonds. The number of aliphatic hydroxyl groups is 1. The van der Waals surface area contributed by atoms with Crippen molar-refractivity contribution in [1.29, 1.82) is 0 Å². The van der Waals surface area contributed by atoms with Gasteiger partial charge in [0.25, 0.3) is 0 Å². The van der Waals surface area contributed by atoms with E-state index in [0.29, 0.717) is 25.7 Å². The molecule has 2 N–H and O–H groups in total. The van der Waals surface area contributed by atoms with Gasteiger partial charge in [-0.25, -0.2) is 0 Å². The summed E-state index contributed by atoms with van der Waals surface area (Å²) in [6.45, 7) is 20.3. The van der Waals surface area contributed by atoms with Gasteiger partial charge in [0.05, 0.1) is 19.3 Å². The summed E-state index contributed by atoms with van der Waals surface area (Å²) in [5, 5.41) is 13.1. The normalized spacial score (nSPS) is 37.7. The van der Waals surface area contributed by atoms with E-state index in [0.717, 1.165) is 46.0 Å². The molecule has 0 bridgehead atoms. The van der Waals surface area contributed by atoms with Gasteiger partial charge in [0.2, 0.25) is 0 Å². The Labute approximate surface area is 395 Å². The van der Waals surface area contributed by atoms with Crippen molar-refractivity contribution in [3.8, 4) is 0 Å². The van der Waals surface area contributed by atoms with E-state index < -0.39 is 103 Å². The molecule has 0 aromatic rings. The largest absolute Gasteiger partial charge is 0.468 e. The highest BCUT2D eigenvalue weighted by atomic mass is 16.7. The highest BCUT2D eigenvalue weighted by molar-refractivity contribution is 5.75. The molecule has 1 aliphatic heterocycles. The van der Waals surface area contributed by atoms with Crippen LogP contribution in [0, 0.1) is 45.3 Å². The first kappa shape index (κ1) is 54.1. The number of rotatable bonds is 17. The van der Waals surface area contributed by atoms with Gasteiger partial charge < -0.3 is 53.1 Å². The molecular weight excluding hydrogens is 875 g/mol. The van der Waals surface area contributed by atoms with Gasteiger partial charge in [0, 0.05) is 52.9 Å². The van der Waals surface area contributed by atoms with Crippen molar-refractivity contribution in [3.63, 3.8) is 0 Å². The lowest BCUT2D eigenvalue weighted by Gasteiger charge is -2.70. The fourth-order valence-corrected chi connectivity index (χ4v) is 14.1. The summed E-state index contributed by atoms with van der Waals surface area (Å²) >= 11 is 0. The number of carbonyl (C=O) groups is 7. The van der Waals surface area contributed by atoms with Gasteiger partial charge in [0.1, 0.15) is 31.0 Å². The van der Waals surface area contributed by atoms with E-state index in [-0.39, 0.29) is 58.5 Å². The number of carbonyl (C=O) groups excluding carboxylic acids is 7. The van der Waals surface area contributed by atoms with Crippen molar-refractivity contribution in [1.82, 2.24) is 5.32 Å². The van der Waals surface area contributed by atoms with E-state index in [2.05, 4.69) is 39.9 Å². The van der Waals surface area contributed by atoms with Crippen molar-refractivity contribution in [2.24, 2.45) is 45.3 Å². The Bertz CT molecular complexity index is 1860. The minimum Gasteiger partial charge on any atom is -0.468 e. The Balaban J connectivity index is 1.62. The zero-order chi connectivity index (χ0) is 50.0. The first-order chi connectivity index (χ1) is 31.2. The lowest BCUT2D eigenvalue weighted by molar-refractivity contribution is -0.339. The van der Waals surface area contributed by atoms with Crippen molar-refractivity contribution >= 4 is 41.8 Å².